The largest absolute Gasteiger partial charge is 0.497 e. The molecular weight excluding hydrogens is 467 g/mol. The number of anilines is 1. The van der Waals surface area contributed by atoms with Crippen molar-refractivity contribution >= 4 is 35.6 Å². The summed E-state index contributed by atoms with van der Waals surface area (Å²) in [5, 5.41) is 3.10. The van der Waals surface area contributed by atoms with E-state index in [9.17, 15) is 0 Å². The van der Waals surface area contributed by atoms with Crippen LogP contribution in [0.1, 0.15) is 25.0 Å². The summed E-state index contributed by atoms with van der Waals surface area (Å²) in [5.41, 5.74) is 9.27. The van der Waals surface area contributed by atoms with Gasteiger partial charge in [-0.25, -0.2) is 4.99 Å². The maximum Gasteiger partial charge on any atom is 0.193 e. The first kappa shape index (κ1) is 24.0. The molecule has 0 amide bonds. The fourth-order valence-corrected chi connectivity index (χ4v) is 2.81. The number of halogens is 1. The van der Waals surface area contributed by atoms with Crippen molar-refractivity contribution in [2.45, 2.75) is 26.9 Å². The normalized spacial score (nSPS) is 11.1. The van der Waals surface area contributed by atoms with Crippen LogP contribution in [0.2, 0.25) is 0 Å². The molecule has 0 saturated heterocycles. The molecule has 2 aromatic rings. The van der Waals surface area contributed by atoms with Gasteiger partial charge in [-0.2, -0.15) is 0 Å². The van der Waals surface area contributed by atoms with E-state index in [0.29, 0.717) is 18.3 Å². The molecule has 28 heavy (non-hydrogen) atoms. The Bertz CT molecular complexity index is 764. The molecule has 3 N–H and O–H groups in total. The van der Waals surface area contributed by atoms with Gasteiger partial charge in [0.2, 0.25) is 0 Å². The summed E-state index contributed by atoms with van der Waals surface area (Å²) in [4.78, 5) is 6.89. The monoisotopic (exact) mass is 498 g/mol. The highest BCUT2D eigenvalue weighted by molar-refractivity contribution is 14.0. The second-order valence-electron chi connectivity index (χ2n) is 6.12. The van der Waals surface area contributed by atoms with Gasteiger partial charge in [-0.1, -0.05) is 38.1 Å². The van der Waals surface area contributed by atoms with Crippen molar-refractivity contribution in [2.24, 2.45) is 10.7 Å². The van der Waals surface area contributed by atoms with Gasteiger partial charge in [-0.15, -0.1) is 24.0 Å². The third kappa shape index (κ3) is 6.87. The Balaban J connectivity index is 0.00000392. The summed E-state index contributed by atoms with van der Waals surface area (Å²) in [6.07, 6.45) is 0. The zero-order valence-electron chi connectivity index (χ0n) is 17.1. The zero-order valence-corrected chi connectivity index (χ0v) is 19.4. The summed E-state index contributed by atoms with van der Waals surface area (Å²) >= 11 is 0. The average Bonchev–Trinajstić information content (AvgIpc) is 2.71. The Hall–Kier alpha value is -2.00. The Kier molecular flexibility index (Phi) is 10.7. The van der Waals surface area contributed by atoms with Gasteiger partial charge in [0.1, 0.15) is 11.5 Å². The lowest BCUT2D eigenvalue weighted by atomic mass is 10.1. The van der Waals surface area contributed by atoms with Crippen molar-refractivity contribution in [2.75, 3.05) is 32.6 Å². The SMILES string of the molecule is CCN(CC)Cc1ccccc1CN=C(N)Nc1cc(OC)ccc1OC.I. The van der Waals surface area contributed by atoms with Crippen LogP contribution in [-0.4, -0.2) is 38.2 Å². The number of guanidine groups is 1. The van der Waals surface area contributed by atoms with Crippen LogP contribution in [-0.2, 0) is 13.1 Å². The smallest absolute Gasteiger partial charge is 0.193 e. The van der Waals surface area contributed by atoms with Crippen molar-refractivity contribution in [3.05, 3.63) is 53.6 Å². The van der Waals surface area contributed by atoms with Crippen LogP contribution in [0.25, 0.3) is 0 Å². The van der Waals surface area contributed by atoms with Crippen molar-refractivity contribution < 1.29 is 9.47 Å². The minimum Gasteiger partial charge on any atom is -0.497 e. The Labute approximate surface area is 185 Å². The van der Waals surface area contributed by atoms with E-state index < -0.39 is 0 Å². The quantitative estimate of drug-likeness (QED) is 0.310. The van der Waals surface area contributed by atoms with Gasteiger partial charge < -0.3 is 20.5 Å². The molecule has 7 heteroatoms. The number of nitrogens with zero attached hydrogens (tertiary/aromatic N) is 2. The van der Waals surface area contributed by atoms with Crippen LogP contribution in [0.4, 0.5) is 5.69 Å². The zero-order chi connectivity index (χ0) is 19.6. The second-order valence-corrected chi connectivity index (χ2v) is 6.12. The van der Waals surface area contributed by atoms with Crippen molar-refractivity contribution in [1.29, 1.82) is 0 Å². The van der Waals surface area contributed by atoms with Crippen LogP contribution in [0.3, 0.4) is 0 Å². The standard InChI is InChI=1S/C21H30N4O2.HI/c1-5-25(6-2)15-17-10-8-7-9-16(17)14-23-21(22)24-19-13-18(26-3)11-12-20(19)27-4;/h7-13H,5-6,14-15H2,1-4H3,(H3,22,23,24);1H. The minimum atomic E-state index is 0. The highest BCUT2D eigenvalue weighted by Crippen LogP contribution is 2.28. The highest BCUT2D eigenvalue weighted by atomic mass is 127. The molecule has 0 radical (unpaired) electrons. The summed E-state index contributed by atoms with van der Waals surface area (Å²) in [6, 6.07) is 13.8. The number of ether oxygens (including phenoxy) is 2. The second kappa shape index (κ2) is 12.5. The lowest BCUT2D eigenvalue weighted by Crippen LogP contribution is -2.24. The van der Waals surface area contributed by atoms with Crippen LogP contribution < -0.4 is 20.5 Å². The number of benzene rings is 2. The molecule has 2 aromatic carbocycles. The number of nitrogens with one attached hydrogen (secondary N) is 1. The first-order valence-electron chi connectivity index (χ1n) is 9.19. The molecule has 0 aliphatic heterocycles. The third-order valence-corrected chi connectivity index (χ3v) is 4.50. The third-order valence-electron chi connectivity index (χ3n) is 4.50. The van der Waals surface area contributed by atoms with Gasteiger partial charge in [0.15, 0.2) is 5.96 Å². The molecule has 0 aromatic heterocycles. The van der Waals surface area contributed by atoms with Crippen LogP contribution in [0, 0.1) is 0 Å². The van der Waals surface area contributed by atoms with Crippen LogP contribution >= 0.6 is 24.0 Å². The van der Waals surface area contributed by atoms with Gasteiger partial charge in [0.25, 0.3) is 0 Å². The number of methoxy groups -OCH3 is 2. The Morgan fingerprint density at radius 1 is 1.04 bits per heavy atom. The predicted octanol–water partition coefficient (Wildman–Crippen LogP) is 4.09. The molecule has 0 unspecified atom stereocenters. The number of rotatable bonds is 9. The van der Waals surface area contributed by atoms with E-state index in [1.165, 1.54) is 11.1 Å². The van der Waals surface area contributed by atoms with Gasteiger partial charge >= 0.3 is 0 Å². The fraction of sp³-hybridized carbons (Fsp3) is 0.381. The highest BCUT2D eigenvalue weighted by Gasteiger charge is 2.08. The van der Waals surface area contributed by atoms with E-state index in [4.69, 9.17) is 15.2 Å². The van der Waals surface area contributed by atoms with E-state index in [1.54, 1.807) is 14.2 Å². The summed E-state index contributed by atoms with van der Waals surface area (Å²) in [5.74, 6) is 1.73. The molecule has 0 spiro atoms. The average molecular weight is 498 g/mol. The molecule has 0 heterocycles. The molecule has 0 aliphatic rings. The van der Waals surface area contributed by atoms with E-state index in [1.807, 2.05) is 24.3 Å². The fourth-order valence-electron chi connectivity index (χ4n) is 2.81. The molecular formula is C21H31IN4O2. The lowest BCUT2D eigenvalue weighted by Gasteiger charge is -2.19. The predicted molar refractivity (Wildman–Crippen MR) is 127 cm³/mol. The van der Waals surface area contributed by atoms with E-state index >= 15 is 0 Å². The number of aliphatic imine (C=N–C) groups is 1. The molecule has 0 fully saturated rings. The topological polar surface area (TPSA) is 72.1 Å². The van der Waals surface area contributed by atoms with E-state index in [2.05, 4.69) is 47.3 Å². The molecule has 0 saturated carbocycles. The Morgan fingerprint density at radius 3 is 2.32 bits per heavy atom. The lowest BCUT2D eigenvalue weighted by molar-refractivity contribution is 0.295. The van der Waals surface area contributed by atoms with E-state index in [0.717, 1.165) is 31.1 Å². The first-order chi connectivity index (χ1) is 13.1. The van der Waals surface area contributed by atoms with Gasteiger partial charge in [0.05, 0.1) is 26.5 Å². The summed E-state index contributed by atoms with van der Waals surface area (Å²) in [6.45, 7) is 7.82. The van der Waals surface area contributed by atoms with Crippen molar-refractivity contribution in [3.63, 3.8) is 0 Å². The van der Waals surface area contributed by atoms with Gasteiger partial charge in [-0.3, -0.25) is 4.90 Å². The van der Waals surface area contributed by atoms with Crippen LogP contribution in [0.5, 0.6) is 11.5 Å². The number of hydrogen-bond donors (Lipinski definition) is 2. The molecule has 0 aliphatic carbocycles. The first-order valence-corrected chi connectivity index (χ1v) is 9.19. The minimum absolute atomic E-state index is 0. The van der Waals surface area contributed by atoms with Crippen molar-refractivity contribution in [3.8, 4) is 11.5 Å². The van der Waals surface area contributed by atoms with E-state index in [-0.39, 0.29) is 24.0 Å². The molecule has 154 valence electrons. The summed E-state index contributed by atoms with van der Waals surface area (Å²) < 4.78 is 10.6. The number of nitrogens with two attached hydrogens (primary N) is 1. The van der Waals surface area contributed by atoms with Crippen molar-refractivity contribution in [1.82, 2.24) is 4.90 Å². The maximum absolute atomic E-state index is 6.10. The Morgan fingerprint density at radius 2 is 1.71 bits per heavy atom. The maximum atomic E-state index is 6.10. The summed E-state index contributed by atoms with van der Waals surface area (Å²) in [7, 11) is 3.24. The molecule has 0 atom stereocenters. The van der Waals surface area contributed by atoms with Gasteiger partial charge in [0, 0.05) is 12.6 Å². The molecule has 6 nitrogen and oxygen atoms in total. The van der Waals surface area contributed by atoms with Crippen LogP contribution in [0.15, 0.2) is 47.5 Å². The number of hydrogen-bond acceptors (Lipinski definition) is 4. The molecule has 0 bridgehead atoms. The van der Waals surface area contributed by atoms with Gasteiger partial charge in [-0.05, 0) is 36.3 Å². The molecule has 2 rings (SSSR count).